The Kier molecular flexibility index (Phi) is 2.18. The predicted octanol–water partition coefficient (Wildman–Crippen LogP) is 2.31. The number of hydrogen-bond acceptors (Lipinski definition) is 1. The minimum absolute atomic E-state index is 0.371. The number of aryl methyl sites for hydroxylation is 2. The lowest BCUT2D eigenvalue weighted by Crippen LogP contribution is -1.99. The Balaban J connectivity index is 3.31. The Morgan fingerprint density at radius 2 is 1.58 bits per heavy atom. The molecule has 0 fully saturated rings. The fraction of sp³-hybridized carbons (Fsp3) is 0.300. The molecule has 0 atom stereocenters. The molecule has 2 heteroatoms. The SMILES string of the molecule is Cc1cc(C(=O)O)cc(C)c1C. The monoisotopic (exact) mass is 164 g/mol. The Bertz CT molecular complexity index is 304. The lowest BCUT2D eigenvalue weighted by Gasteiger charge is -2.05. The molecule has 0 unspecified atom stereocenters. The highest BCUT2D eigenvalue weighted by Gasteiger charge is 2.05. The van der Waals surface area contributed by atoms with Gasteiger partial charge in [0.2, 0.25) is 0 Å². The van der Waals surface area contributed by atoms with Crippen LogP contribution >= 0.6 is 0 Å². The number of benzene rings is 1. The normalized spacial score (nSPS) is 9.92. The molecule has 0 spiro atoms. The van der Waals surface area contributed by atoms with E-state index in [1.807, 2.05) is 20.8 Å². The fourth-order valence-electron chi connectivity index (χ4n) is 1.16. The van der Waals surface area contributed by atoms with Crippen molar-refractivity contribution in [3.63, 3.8) is 0 Å². The summed E-state index contributed by atoms with van der Waals surface area (Å²) < 4.78 is 0. The summed E-state index contributed by atoms with van der Waals surface area (Å²) in [5.74, 6) is -0.860. The zero-order valence-electron chi connectivity index (χ0n) is 7.51. The van der Waals surface area contributed by atoms with Gasteiger partial charge in [-0.1, -0.05) is 0 Å². The van der Waals surface area contributed by atoms with E-state index in [1.165, 1.54) is 5.56 Å². The van der Waals surface area contributed by atoms with Gasteiger partial charge in [-0.05, 0) is 49.6 Å². The Labute approximate surface area is 71.8 Å². The van der Waals surface area contributed by atoms with E-state index in [4.69, 9.17) is 5.11 Å². The first kappa shape index (κ1) is 8.78. The molecule has 1 aromatic carbocycles. The number of carboxylic acid groups (broad SMARTS) is 1. The summed E-state index contributed by atoms with van der Waals surface area (Å²) in [7, 11) is 0. The van der Waals surface area contributed by atoms with Crippen LogP contribution in [0.5, 0.6) is 0 Å². The molecule has 0 bridgehead atoms. The van der Waals surface area contributed by atoms with Gasteiger partial charge in [-0.2, -0.15) is 0 Å². The highest BCUT2D eigenvalue weighted by molar-refractivity contribution is 5.88. The van der Waals surface area contributed by atoms with E-state index in [1.54, 1.807) is 12.1 Å². The smallest absolute Gasteiger partial charge is 0.335 e. The van der Waals surface area contributed by atoms with Crippen molar-refractivity contribution in [2.45, 2.75) is 20.8 Å². The van der Waals surface area contributed by atoms with Crippen LogP contribution in [0.1, 0.15) is 27.0 Å². The summed E-state index contributed by atoms with van der Waals surface area (Å²) in [6.07, 6.45) is 0. The first-order chi connectivity index (χ1) is 5.52. The number of aromatic carboxylic acids is 1. The first-order valence-corrected chi connectivity index (χ1v) is 3.83. The van der Waals surface area contributed by atoms with Gasteiger partial charge in [0.1, 0.15) is 0 Å². The van der Waals surface area contributed by atoms with Gasteiger partial charge >= 0.3 is 5.97 Å². The third kappa shape index (κ3) is 1.47. The van der Waals surface area contributed by atoms with Crippen LogP contribution in [0, 0.1) is 20.8 Å². The summed E-state index contributed by atoms with van der Waals surface area (Å²) in [6.45, 7) is 5.85. The van der Waals surface area contributed by atoms with Gasteiger partial charge in [0.05, 0.1) is 5.56 Å². The molecule has 0 saturated carbocycles. The van der Waals surface area contributed by atoms with Crippen molar-refractivity contribution < 1.29 is 9.90 Å². The van der Waals surface area contributed by atoms with Crippen molar-refractivity contribution in [3.8, 4) is 0 Å². The van der Waals surface area contributed by atoms with Gasteiger partial charge in [0.15, 0.2) is 0 Å². The molecular weight excluding hydrogens is 152 g/mol. The number of carboxylic acids is 1. The van der Waals surface area contributed by atoms with Crippen LogP contribution in [-0.4, -0.2) is 11.1 Å². The molecule has 64 valence electrons. The molecule has 12 heavy (non-hydrogen) atoms. The van der Waals surface area contributed by atoms with Crippen molar-refractivity contribution >= 4 is 5.97 Å². The van der Waals surface area contributed by atoms with E-state index < -0.39 is 5.97 Å². The average molecular weight is 164 g/mol. The minimum atomic E-state index is -0.860. The second-order valence-electron chi connectivity index (χ2n) is 3.04. The Morgan fingerprint density at radius 3 is 1.92 bits per heavy atom. The first-order valence-electron chi connectivity index (χ1n) is 3.83. The van der Waals surface area contributed by atoms with Crippen LogP contribution in [0.4, 0.5) is 0 Å². The van der Waals surface area contributed by atoms with Gasteiger partial charge in [-0.25, -0.2) is 4.79 Å². The lowest BCUT2D eigenvalue weighted by molar-refractivity contribution is 0.0696. The number of hydrogen-bond donors (Lipinski definition) is 1. The molecule has 1 aromatic rings. The fourth-order valence-corrected chi connectivity index (χ4v) is 1.16. The van der Waals surface area contributed by atoms with E-state index in [0.29, 0.717) is 5.56 Å². The van der Waals surface area contributed by atoms with Crippen LogP contribution < -0.4 is 0 Å². The van der Waals surface area contributed by atoms with Crippen molar-refractivity contribution in [2.24, 2.45) is 0 Å². The molecule has 0 radical (unpaired) electrons. The topological polar surface area (TPSA) is 37.3 Å². The van der Waals surface area contributed by atoms with E-state index in [9.17, 15) is 4.79 Å². The highest BCUT2D eigenvalue weighted by Crippen LogP contribution is 2.14. The standard InChI is InChI=1S/C10H12O2/c1-6-4-9(10(11)12)5-7(2)8(6)3/h4-5H,1-3H3,(H,11,12). The van der Waals surface area contributed by atoms with Gasteiger partial charge in [-0.3, -0.25) is 0 Å². The Morgan fingerprint density at radius 1 is 1.17 bits per heavy atom. The van der Waals surface area contributed by atoms with Crippen molar-refractivity contribution in [2.75, 3.05) is 0 Å². The quantitative estimate of drug-likeness (QED) is 0.691. The summed E-state index contributed by atoms with van der Waals surface area (Å²) in [6, 6.07) is 3.40. The largest absolute Gasteiger partial charge is 0.478 e. The minimum Gasteiger partial charge on any atom is -0.478 e. The molecule has 0 aliphatic rings. The van der Waals surface area contributed by atoms with Gasteiger partial charge in [-0.15, -0.1) is 0 Å². The van der Waals surface area contributed by atoms with Crippen molar-refractivity contribution in [1.29, 1.82) is 0 Å². The third-order valence-electron chi connectivity index (χ3n) is 2.17. The molecule has 1 rings (SSSR count). The van der Waals surface area contributed by atoms with Crippen LogP contribution in [-0.2, 0) is 0 Å². The molecule has 0 aliphatic heterocycles. The lowest BCUT2D eigenvalue weighted by atomic mass is 10.0. The average Bonchev–Trinajstić information content (AvgIpc) is 1.99. The molecule has 0 heterocycles. The molecule has 0 aromatic heterocycles. The molecular formula is C10H12O2. The maximum Gasteiger partial charge on any atom is 0.335 e. The van der Waals surface area contributed by atoms with E-state index in [0.717, 1.165) is 11.1 Å². The number of rotatable bonds is 1. The molecule has 0 amide bonds. The van der Waals surface area contributed by atoms with Gasteiger partial charge in [0, 0.05) is 0 Å². The second-order valence-corrected chi connectivity index (χ2v) is 3.04. The third-order valence-corrected chi connectivity index (χ3v) is 2.17. The second kappa shape index (κ2) is 2.97. The summed E-state index contributed by atoms with van der Waals surface area (Å²) in [5, 5.41) is 8.72. The van der Waals surface area contributed by atoms with Crippen LogP contribution in [0.25, 0.3) is 0 Å². The van der Waals surface area contributed by atoms with Crippen LogP contribution in [0.2, 0.25) is 0 Å². The van der Waals surface area contributed by atoms with E-state index in [2.05, 4.69) is 0 Å². The van der Waals surface area contributed by atoms with E-state index >= 15 is 0 Å². The van der Waals surface area contributed by atoms with Crippen LogP contribution in [0.15, 0.2) is 12.1 Å². The van der Waals surface area contributed by atoms with Crippen LogP contribution in [0.3, 0.4) is 0 Å². The van der Waals surface area contributed by atoms with Crippen molar-refractivity contribution in [3.05, 3.63) is 34.4 Å². The zero-order chi connectivity index (χ0) is 9.30. The van der Waals surface area contributed by atoms with E-state index in [-0.39, 0.29) is 0 Å². The van der Waals surface area contributed by atoms with Gasteiger partial charge < -0.3 is 5.11 Å². The number of carbonyl (C=O) groups is 1. The Hall–Kier alpha value is -1.31. The molecule has 2 nitrogen and oxygen atoms in total. The molecule has 1 N–H and O–H groups in total. The summed E-state index contributed by atoms with van der Waals surface area (Å²) in [5.41, 5.74) is 3.61. The summed E-state index contributed by atoms with van der Waals surface area (Å²) in [4.78, 5) is 10.6. The molecule has 0 saturated heterocycles. The highest BCUT2D eigenvalue weighted by atomic mass is 16.4. The maximum absolute atomic E-state index is 10.6. The van der Waals surface area contributed by atoms with Gasteiger partial charge in [0.25, 0.3) is 0 Å². The predicted molar refractivity (Wildman–Crippen MR) is 47.6 cm³/mol. The maximum atomic E-state index is 10.6. The zero-order valence-corrected chi connectivity index (χ0v) is 7.51. The summed E-state index contributed by atoms with van der Waals surface area (Å²) >= 11 is 0. The van der Waals surface area contributed by atoms with Crippen molar-refractivity contribution in [1.82, 2.24) is 0 Å². The molecule has 0 aliphatic carbocycles.